The van der Waals surface area contributed by atoms with Gasteiger partial charge in [0.2, 0.25) is 5.91 Å². The van der Waals surface area contributed by atoms with Crippen molar-refractivity contribution in [3.05, 3.63) is 95.0 Å². The molecule has 0 unspecified atom stereocenters. The van der Waals surface area contributed by atoms with Crippen molar-refractivity contribution in [1.29, 1.82) is 0 Å². The Balaban J connectivity index is 0.000000173. The molecule has 0 spiro atoms. The number of halogens is 3. The van der Waals surface area contributed by atoms with Crippen LogP contribution in [0.15, 0.2) is 105 Å². The average molecular weight is 604 g/mol. The maximum Gasteiger partial charge on any atom is 0.237 e. The molecule has 2 aliphatic rings. The molecular weight excluding hydrogens is 579 g/mol. The fourth-order valence-electron chi connectivity index (χ4n) is 4.30. The average Bonchev–Trinajstić information content (AvgIpc) is 2.89. The van der Waals surface area contributed by atoms with E-state index < -0.39 is 0 Å². The van der Waals surface area contributed by atoms with Crippen molar-refractivity contribution in [3.8, 4) is 0 Å². The predicted octanol–water partition coefficient (Wildman–Crippen LogP) is 7.75. The summed E-state index contributed by atoms with van der Waals surface area (Å²) in [6.07, 6.45) is 0. The summed E-state index contributed by atoms with van der Waals surface area (Å²) in [5.41, 5.74) is 15.4. The van der Waals surface area contributed by atoms with Crippen LogP contribution in [-0.4, -0.2) is 25.5 Å². The van der Waals surface area contributed by atoms with Gasteiger partial charge in [0.25, 0.3) is 0 Å². The summed E-state index contributed by atoms with van der Waals surface area (Å²) in [6, 6.07) is 28.0. The summed E-state index contributed by atoms with van der Waals surface area (Å²) in [6.45, 7) is 1.56. The number of rotatable bonds is 4. The number of anilines is 4. The summed E-state index contributed by atoms with van der Waals surface area (Å²) < 4.78 is 0. The highest BCUT2D eigenvalue weighted by molar-refractivity contribution is 8.00. The van der Waals surface area contributed by atoms with Gasteiger partial charge in [0.15, 0.2) is 0 Å². The zero-order chi connectivity index (χ0) is 25.9. The number of nitrogens with zero attached hydrogens (tertiary/aromatic N) is 2. The van der Waals surface area contributed by atoms with Gasteiger partial charge < -0.3 is 21.3 Å². The highest BCUT2D eigenvalue weighted by Crippen LogP contribution is 2.49. The lowest BCUT2D eigenvalue weighted by atomic mass is 10.2. The molecule has 10 heteroatoms. The van der Waals surface area contributed by atoms with E-state index in [1.807, 2.05) is 59.5 Å². The topological polar surface area (TPSA) is 75.6 Å². The minimum Gasteiger partial charge on any atom is -0.368 e. The Kier molecular flexibility index (Phi) is 9.41. The molecule has 0 saturated carbocycles. The number of primary amides is 1. The number of benzene rings is 4. The normalized spacial score (nSPS) is 12.6. The Morgan fingerprint density at radius 1 is 0.684 bits per heavy atom. The van der Waals surface area contributed by atoms with E-state index in [0.29, 0.717) is 11.6 Å². The molecule has 0 aromatic heterocycles. The molecule has 0 radical (unpaired) electrons. The van der Waals surface area contributed by atoms with E-state index in [-0.39, 0.29) is 24.9 Å². The van der Waals surface area contributed by atoms with E-state index >= 15 is 0 Å². The maximum atomic E-state index is 11.3. The van der Waals surface area contributed by atoms with Crippen LogP contribution in [0.3, 0.4) is 0 Å². The summed E-state index contributed by atoms with van der Waals surface area (Å²) in [5, 5.41) is 1.41. The second-order valence-corrected chi connectivity index (χ2v) is 11.4. The lowest BCUT2D eigenvalue weighted by molar-refractivity contribution is -0.116. The number of hydrogen-bond donors (Lipinski definition) is 2. The first-order valence-corrected chi connectivity index (χ1v) is 14.0. The third-order valence-corrected chi connectivity index (χ3v) is 8.57. The first kappa shape index (κ1) is 28.5. The van der Waals surface area contributed by atoms with E-state index in [2.05, 4.69) is 35.2 Å². The number of amides is 1. The van der Waals surface area contributed by atoms with Gasteiger partial charge in [0, 0.05) is 42.7 Å². The number of hydrogen-bond acceptors (Lipinski definition) is 6. The number of fused-ring (bicyclic) bond motifs is 4. The maximum absolute atomic E-state index is 11.3. The van der Waals surface area contributed by atoms with Crippen molar-refractivity contribution in [3.63, 3.8) is 0 Å². The molecule has 2 heterocycles. The van der Waals surface area contributed by atoms with E-state index in [1.54, 1.807) is 23.5 Å². The van der Waals surface area contributed by atoms with Crippen molar-refractivity contribution in [2.45, 2.75) is 19.6 Å². The molecule has 4 aromatic rings. The first-order chi connectivity index (χ1) is 17.9. The van der Waals surface area contributed by atoms with E-state index in [9.17, 15) is 4.79 Å². The van der Waals surface area contributed by atoms with Gasteiger partial charge in [-0.2, -0.15) is 0 Å². The third-order valence-electron chi connectivity index (χ3n) is 5.84. The van der Waals surface area contributed by atoms with Crippen LogP contribution in [0.5, 0.6) is 0 Å². The molecule has 196 valence electrons. The van der Waals surface area contributed by atoms with Gasteiger partial charge in [-0.25, -0.2) is 0 Å². The van der Waals surface area contributed by atoms with Gasteiger partial charge in [-0.15, -0.1) is 12.4 Å². The highest BCUT2D eigenvalue weighted by Gasteiger charge is 2.25. The number of carbonyl (C=O) groups is 1. The van der Waals surface area contributed by atoms with Gasteiger partial charge in [-0.1, -0.05) is 71.0 Å². The van der Waals surface area contributed by atoms with E-state index in [0.717, 1.165) is 38.4 Å². The van der Waals surface area contributed by atoms with Crippen LogP contribution in [-0.2, 0) is 4.79 Å². The minimum atomic E-state index is -0.368. The Hall–Kier alpha value is -2.52. The Bertz CT molecular complexity index is 1470. The van der Waals surface area contributed by atoms with E-state index in [4.69, 9.17) is 34.7 Å². The fraction of sp³-hybridized carbons (Fsp3) is 0.107. The second kappa shape index (κ2) is 12.6. The molecule has 0 saturated heterocycles. The highest BCUT2D eigenvalue weighted by atomic mass is 35.5. The van der Waals surface area contributed by atoms with Crippen LogP contribution in [0.1, 0.15) is 0 Å². The lowest BCUT2D eigenvalue weighted by Crippen LogP contribution is -2.31. The van der Waals surface area contributed by atoms with Crippen LogP contribution < -0.4 is 21.3 Å². The predicted molar refractivity (Wildman–Crippen MR) is 164 cm³/mol. The van der Waals surface area contributed by atoms with Crippen LogP contribution in [0.4, 0.5) is 22.7 Å². The third kappa shape index (κ3) is 6.04. The Labute approximate surface area is 246 Å². The van der Waals surface area contributed by atoms with Crippen molar-refractivity contribution in [2.75, 3.05) is 29.4 Å². The lowest BCUT2D eigenvalue weighted by Gasteiger charge is -2.32. The van der Waals surface area contributed by atoms with Crippen LogP contribution in [0.25, 0.3) is 0 Å². The molecule has 6 rings (SSSR count). The van der Waals surface area contributed by atoms with Gasteiger partial charge in [-0.3, -0.25) is 4.79 Å². The molecule has 0 aliphatic carbocycles. The van der Waals surface area contributed by atoms with Gasteiger partial charge in [0.05, 0.1) is 22.7 Å². The largest absolute Gasteiger partial charge is 0.368 e. The fourth-order valence-corrected chi connectivity index (χ4v) is 6.79. The van der Waals surface area contributed by atoms with Crippen LogP contribution in [0, 0.1) is 0 Å². The second-order valence-electron chi connectivity index (χ2n) is 8.36. The summed E-state index contributed by atoms with van der Waals surface area (Å²) >= 11 is 15.6. The Morgan fingerprint density at radius 2 is 1.13 bits per heavy atom. The molecular formula is C28H25Cl3N4OS2. The zero-order valence-electron chi connectivity index (χ0n) is 20.1. The van der Waals surface area contributed by atoms with Crippen molar-refractivity contribution in [1.82, 2.24) is 0 Å². The summed E-state index contributed by atoms with van der Waals surface area (Å²) in [7, 11) is 0. The molecule has 0 fully saturated rings. The molecule has 4 N–H and O–H groups in total. The molecule has 2 aliphatic heterocycles. The van der Waals surface area contributed by atoms with Crippen molar-refractivity contribution < 1.29 is 4.79 Å². The Morgan fingerprint density at radius 3 is 1.63 bits per heavy atom. The summed E-state index contributed by atoms with van der Waals surface area (Å²) in [4.78, 5) is 20.1. The number of para-hydroxylation sites is 2. The monoisotopic (exact) mass is 602 g/mol. The molecule has 5 nitrogen and oxygen atoms in total. The molecule has 1 amide bonds. The van der Waals surface area contributed by atoms with E-state index in [1.165, 1.54) is 15.5 Å². The standard InChI is InChI=1S/C14H11ClN2OS.C14H13ClN2S.ClH/c15-9-5-6-13-11(7-9)17(8-14(16)18)10-3-1-2-4-12(10)19-13;15-10-5-6-14-12(9-10)17(8-7-16)11-3-1-2-4-13(11)18-14;/h1-7H,8H2,(H2,16,18);1-6,9H,7-8,16H2;1H. The molecule has 0 bridgehead atoms. The zero-order valence-corrected chi connectivity index (χ0v) is 24.1. The van der Waals surface area contributed by atoms with Crippen LogP contribution >= 0.6 is 59.1 Å². The minimum absolute atomic E-state index is 0. The van der Waals surface area contributed by atoms with Gasteiger partial charge >= 0.3 is 0 Å². The van der Waals surface area contributed by atoms with Crippen molar-refractivity contribution in [2.24, 2.45) is 11.5 Å². The van der Waals surface area contributed by atoms with Crippen LogP contribution in [0.2, 0.25) is 10.0 Å². The number of carbonyl (C=O) groups excluding carboxylic acids is 1. The van der Waals surface area contributed by atoms with Gasteiger partial charge in [-0.05, 0) is 60.7 Å². The molecule has 0 atom stereocenters. The molecule has 4 aromatic carbocycles. The quantitative estimate of drug-likeness (QED) is 0.248. The first-order valence-electron chi connectivity index (χ1n) is 11.6. The van der Waals surface area contributed by atoms with Crippen molar-refractivity contribution >= 4 is 87.8 Å². The summed E-state index contributed by atoms with van der Waals surface area (Å²) in [5.74, 6) is -0.368. The SMILES string of the molecule is Cl.NC(=O)CN1c2ccccc2Sc2ccc(Cl)cc21.NCCN1c2ccccc2Sc2ccc(Cl)cc21. The molecule has 38 heavy (non-hydrogen) atoms. The number of nitrogens with two attached hydrogens (primary N) is 2. The van der Waals surface area contributed by atoms with Gasteiger partial charge in [0.1, 0.15) is 6.54 Å². The smallest absolute Gasteiger partial charge is 0.237 e.